The lowest BCUT2D eigenvalue weighted by Crippen LogP contribution is -2.43. The summed E-state index contributed by atoms with van der Waals surface area (Å²) in [4.78, 5) is 19.5. The number of piperidine rings is 1. The van der Waals surface area contributed by atoms with E-state index in [-0.39, 0.29) is 17.9 Å². The summed E-state index contributed by atoms with van der Waals surface area (Å²) in [7, 11) is 0. The number of hydrogen-bond donors (Lipinski definition) is 1. The Morgan fingerprint density at radius 2 is 1.77 bits per heavy atom. The van der Waals surface area contributed by atoms with Crippen LogP contribution in [0.25, 0.3) is 11.4 Å². The number of carbonyl (C=O) groups is 1. The highest BCUT2D eigenvalue weighted by molar-refractivity contribution is 5.79. The van der Waals surface area contributed by atoms with E-state index in [9.17, 15) is 4.79 Å². The van der Waals surface area contributed by atoms with E-state index in [1.807, 2.05) is 36.4 Å². The Kier molecular flexibility index (Phi) is 7.10. The average Bonchev–Trinajstić information content (AvgIpc) is 3.28. The Morgan fingerprint density at radius 3 is 2.48 bits per heavy atom. The second-order valence-electron chi connectivity index (χ2n) is 8.36. The number of benzene rings is 2. The van der Waals surface area contributed by atoms with Gasteiger partial charge in [-0.15, -0.1) is 0 Å². The Labute approximate surface area is 183 Å². The molecule has 1 saturated heterocycles. The summed E-state index contributed by atoms with van der Waals surface area (Å²) >= 11 is 0. The smallest absolute Gasteiger partial charge is 0.241 e. The van der Waals surface area contributed by atoms with E-state index in [4.69, 9.17) is 4.52 Å². The van der Waals surface area contributed by atoms with Gasteiger partial charge in [0.1, 0.15) is 0 Å². The number of aryl methyl sites for hydroxylation is 1. The highest BCUT2D eigenvalue weighted by Crippen LogP contribution is 2.21. The summed E-state index contributed by atoms with van der Waals surface area (Å²) in [5.41, 5.74) is 2.27. The molecule has 2 heterocycles. The standard InChI is InChI=1S/C25H30N4O2/c1-19(12-13-20-8-4-2-5-9-20)26-25(30)22-14-16-29(17-15-22)18-23-27-24(28-31-23)21-10-6-3-7-11-21/h2-11,19,22H,12-18H2,1H3,(H,26,30)/t19-/m1/s1. The molecule has 1 fully saturated rings. The molecule has 6 heteroatoms. The first-order valence-corrected chi connectivity index (χ1v) is 11.1. The van der Waals surface area contributed by atoms with Crippen molar-refractivity contribution in [2.75, 3.05) is 13.1 Å². The lowest BCUT2D eigenvalue weighted by atomic mass is 9.95. The predicted octanol–water partition coefficient (Wildman–Crippen LogP) is 4.09. The monoisotopic (exact) mass is 418 g/mol. The van der Waals surface area contributed by atoms with Crippen molar-refractivity contribution in [2.24, 2.45) is 5.92 Å². The Bertz CT molecular complexity index is 950. The molecule has 1 aromatic heterocycles. The fourth-order valence-electron chi connectivity index (χ4n) is 4.03. The molecular weight excluding hydrogens is 388 g/mol. The fraction of sp³-hybridized carbons (Fsp3) is 0.400. The zero-order valence-corrected chi connectivity index (χ0v) is 18.0. The summed E-state index contributed by atoms with van der Waals surface area (Å²) in [6, 6.07) is 20.4. The number of nitrogens with zero attached hydrogens (tertiary/aromatic N) is 3. The molecule has 1 amide bonds. The van der Waals surface area contributed by atoms with Crippen molar-refractivity contribution in [3.05, 3.63) is 72.1 Å². The molecule has 3 aromatic rings. The van der Waals surface area contributed by atoms with Gasteiger partial charge in [0.2, 0.25) is 17.6 Å². The minimum Gasteiger partial charge on any atom is -0.353 e. The van der Waals surface area contributed by atoms with Crippen molar-refractivity contribution in [1.82, 2.24) is 20.4 Å². The molecule has 0 saturated carbocycles. The van der Waals surface area contributed by atoms with Crippen LogP contribution in [0.5, 0.6) is 0 Å². The molecule has 162 valence electrons. The third-order valence-corrected chi connectivity index (χ3v) is 5.91. The van der Waals surface area contributed by atoms with E-state index in [1.54, 1.807) is 0 Å². The van der Waals surface area contributed by atoms with Gasteiger partial charge in [-0.25, -0.2) is 0 Å². The number of aromatic nitrogens is 2. The van der Waals surface area contributed by atoms with Gasteiger partial charge in [0.25, 0.3) is 0 Å². The molecule has 1 aliphatic heterocycles. The van der Waals surface area contributed by atoms with Crippen LogP contribution in [0.3, 0.4) is 0 Å². The first kappa shape index (κ1) is 21.2. The van der Waals surface area contributed by atoms with Gasteiger partial charge in [0.05, 0.1) is 6.54 Å². The maximum absolute atomic E-state index is 12.7. The Balaban J connectivity index is 1.19. The maximum Gasteiger partial charge on any atom is 0.241 e. The van der Waals surface area contributed by atoms with Gasteiger partial charge >= 0.3 is 0 Å². The van der Waals surface area contributed by atoms with Crippen molar-refractivity contribution in [3.8, 4) is 11.4 Å². The van der Waals surface area contributed by atoms with Crippen molar-refractivity contribution >= 4 is 5.91 Å². The van der Waals surface area contributed by atoms with Crippen LogP contribution in [-0.2, 0) is 17.8 Å². The van der Waals surface area contributed by atoms with Crippen LogP contribution >= 0.6 is 0 Å². The number of likely N-dealkylation sites (tertiary alicyclic amines) is 1. The summed E-state index contributed by atoms with van der Waals surface area (Å²) in [5.74, 6) is 1.51. The van der Waals surface area contributed by atoms with Gasteiger partial charge in [-0.3, -0.25) is 9.69 Å². The van der Waals surface area contributed by atoms with E-state index >= 15 is 0 Å². The first-order valence-electron chi connectivity index (χ1n) is 11.1. The van der Waals surface area contributed by atoms with E-state index in [0.717, 1.165) is 44.3 Å². The Morgan fingerprint density at radius 1 is 1.10 bits per heavy atom. The van der Waals surface area contributed by atoms with Crippen LogP contribution < -0.4 is 5.32 Å². The third kappa shape index (κ3) is 6.01. The zero-order chi connectivity index (χ0) is 21.5. The summed E-state index contributed by atoms with van der Waals surface area (Å²) in [5, 5.41) is 7.30. The molecule has 1 aliphatic rings. The van der Waals surface area contributed by atoms with Crippen molar-refractivity contribution < 1.29 is 9.32 Å². The molecule has 0 spiro atoms. The van der Waals surface area contributed by atoms with E-state index in [1.165, 1.54) is 5.56 Å². The summed E-state index contributed by atoms with van der Waals surface area (Å²) in [6.45, 7) is 4.44. The van der Waals surface area contributed by atoms with Gasteiger partial charge in [-0.2, -0.15) is 4.98 Å². The fourth-order valence-corrected chi connectivity index (χ4v) is 4.03. The molecule has 31 heavy (non-hydrogen) atoms. The number of rotatable bonds is 8. The van der Waals surface area contributed by atoms with Crippen molar-refractivity contribution in [1.29, 1.82) is 0 Å². The second-order valence-corrected chi connectivity index (χ2v) is 8.36. The van der Waals surface area contributed by atoms with Crippen molar-refractivity contribution in [3.63, 3.8) is 0 Å². The molecule has 0 unspecified atom stereocenters. The van der Waals surface area contributed by atoms with Gasteiger partial charge < -0.3 is 9.84 Å². The van der Waals surface area contributed by atoms with Crippen LogP contribution in [0.4, 0.5) is 0 Å². The molecular formula is C25H30N4O2. The van der Waals surface area contributed by atoms with Gasteiger partial charge in [-0.1, -0.05) is 65.8 Å². The second kappa shape index (κ2) is 10.4. The van der Waals surface area contributed by atoms with Crippen LogP contribution in [0.2, 0.25) is 0 Å². The SMILES string of the molecule is C[C@H](CCc1ccccc1)NC(=O)C1CCN(Cc2nc(-c3ccccc3)no2)CC1. The molecule has 1 atom stereocenters. The molecule has 1 N–H and O–H groups in total. The van der Waals surface area contributed by atoms with E-state index in [2.05, 4.69) is 51.5 Å². The maximum atomic E-state index is 12.7. The van der Waals surface area contributed by atoms with Gasteiger partial charge in [0.15, 0.2) is 0 Å². The van der Waals surface area contributed by atoms with Crippen LogP contribution in [0, 0.1) is 5.92 Å². The molecule has 0 bridgehead atoms. The summed E-state index contributed by atoms with van der Waals surface area (Å²) < 4.78 is 5.43. The lowest BCUT2D eigenvalue weighted by molar-refractivity contribution is -0.127. The zero-order valence-electron chi connectivity index (χ0n) is 18.0. The number of amides is 1. The van der Waals surface area contributed by atoms with Crippen LogP contribution in [-0.4, -0.2) is 40.1 Å². The third-order valence-electron chi connectivity index (χ3n) is 5.91. The minimum absolute atomic E-state index is 0.0815. The minimum atomic E-state index is 0.0815. The van der Waals surface area contributed by atoms with E-state index in [0.29, 0.717) is 18.3 Å². The molecule has 0 radical (unpaired) electrons. The van der Waals surface area contributed by atoms with Crippen molar-refractivity contribution in [2.45, 2.75) is 45.2 Å². The number of hydrogen-bond acceptors (Lipinski definition) is 5. The Hall–Kier alpha value is -2.99. The van der Waals surface area contributed by atoms with Gasteiger partial charge in [0, 0.05) is 17.5 Å². The summed E-state index contributed by atoms with van der Waals surface area (Å²) in [6.07, 6.45) is 3.65. The molecule has 0 aliphatic carbocycles. The molecule has 6 nitrogen and oxygen atoms in total. The average molecular weight is 419 g/mol. The topological polar surface area (TPSA) is 71.3 Å². The van der Waals surface area contributed by atoms with Crippen LogP contribution in [0.15, 0.2) is 65.2 Å². The first-order chi connectivity index (χ1) is 15.2. The normalized spacial score (nSPS) is 16.2. The predicted molar refractivity (Wildman–Crippen MR) is 120 cm³/mol. The largest absolute Gasteiger partial charge is 0.353 e. The van der Waals surface area contributed by atoms with Crippen LogP contribution in [0.1, 0.15) is 37.6 Å². The highest BCUT2D eigenvalue weighted by Gasteiger charge is 2.26. The number of nitrogens with one attached hydrogen (secondary N) is 1. The molecule has 4 rings (SSSR count). The number of carbonyl (C=O) groups excluding carboxylic acids is 1. The molecule has 2 aromatic carbocycles. The lowest BCUT2D eigenvalue weighted by Gasteiger charge is -2.30. The highest BCUT2D eigenvalue weighted by atomic mass is 16.5. The quantitative estimate of drug-likeness (QED) is 0.597. The van der Waals surface area contributed by atoms with E-state index < -0.39 is 0 Å². The van der Waals surface area contributed by atoms with Gasteiger partial charge in [-0.05, 0) is 51.3 Å².